The minimum atomic E-state index is 0.745. The zero-order chi connectivity index (χ0) is 26.2. The average Bonchev–Trinajstić information content (AvgIpc) is 2.87. The Bertz CT molecular complexity index is 799. The van der Waals surface area contributed by atoms with Crippen molar-refractivity contribution in [2.24, 2.45) is 0 Å². The van der Waals surface area contributed by atoms with E-state index in [2.05, 4.69) is 100 Å². The predicted molar refractivity (Wildman–Crippen MR) is 155 cm³/mol. The van der Waals surface area contributed by atoms with Crippen LogP contribution < -0.4 is 9.47 Å². The van der Waals surface area contributed by atoms with E-state index in [0.717, 1.165) is 63.5 Å². The van der Waals surface area contributed by atoms with Crippen molar-refractivity contribution in [1.29, 1.82) is 0 Å². The average molecular weight is 495 g/mol. The molecule has 0 N–H and O–H groups in total. The third-order valence-corrected chi connectivity index (χ3v) is 6.34. The Labute approximate surface area is 221 Å². The predicted octanol–water partition coefficient (Wildman–Crippen LogP) is 7.53. The smallest absolute Gasteiger partial charge is 0.119 e. The van der Waals surface area contributed by atoms with Gasteiger partial charge in [-0.3, -0.25) is 0 Å². The van der Waals surface area contributed by atoms with Crippen molar-refractivity contribution in [2.75, 3.05) is 54.5 Å². The van der Waals surface area contributed by atoms with Crippen molar-refractivity contribution in [1.82, 2.24) is 9.80 Å². The second-order valence-electron chi connectivity index (χ2n) is 10.2. The van der Waals surface area contributed by atoms with Gasteiger partial charge in [-0.1, -0.05) is 56.5 Å². The molecule has 2 aromatic carbocycles. The molecule has 0 unspecified atom stereocenters. The first kappa shape index (κ1) is 29.9. The number of nitrogens with zero attached hydrogens (tertiary/aromatic N) is 2. The summed E-state index contributed by atoms with van der Waals surface area (Å²) in [4.78, 5) is 4.38. The number of hydrogen-bond acceptors (Lipinski definition) is 4. The number of allylic oxidation sites excluding steroid dienone is 1. The fourth-order valence-electron chi connectivity index (χ4n) is 4.31. The Kier molecular flexibility index (Phi) is 14.3. The lowest BCUT2D eigenvalue weighted by molar-refractivity contribution is 0.281. The van der Waals surface area contributed by atoms with E-state index in [0.29, 0.717) is 0 Å². The van der Waals surface area contributed by atoms with Gasteiger partial charge in [0.2, 0.25) is 0 Å². The number of ether oxygens (including phenoxy) is 2. The van der Waals surface area contributed by atoms with Crippen LogP contribution in [0.1, 0.15) is 76.3 Å². The van der Waals surface area contributed by atoms with Crippen LogP contribution in [-0.2, 0) is 0 Å². The molecule has 0 bridgehead atoms. The Morgan fingerprint density at radius 3 is 1.31 bits per heavy atom. The van der Waals surface area contributed by atoms with Crippen molar-refractivity contribution in [3.8, 4) is 11.5 Å². The Hall–Kier alpha value is -2.30. The first-order valence-electron chi connectivity index (χ1n) is 13.9. The SMILES string of the molecule is CCCCC(CCCC)=C(c1ccc(OCCCN(C)C)cc1)c1ccc(OCCCN(C)C)cc1. The van der Waals surface area contributed by atoms with Crippen LogP contribution in [0.15, 0.2) is 54.1 Å². The van der Waals surface area contributed by atoms with Crippen LogP contribution in [0, 0.1) is 0 Å². The normalized spacial score (nSPS) is 11.2. The van der Waals surface area contributed by atoms with Crippen LogP contribution >= 0.6 is 0 Å². The highest BCUT2D eigenvalue weighted by Crippen LogP contribution is 2.34. The number of unbranched alkanes of at least 4 members (excludes halogenated alkanes) is 2. The zero-order valence-corrected chi connectivity index (χ0v) is 23.8. The maximum Gasteiger partial charge on any atom is 0.119 e. The molecule has 2 aromatic rings. The van der Waals surface area contributed by atoms with Gasteiger partial charge >= 0.3 is 0 Å². The fourth-order valence-corrected chi connectivity index (χ4v) is 4.31. The summed E-state index contributed by atoms with van der Waals surface area (Å²) in [7, 11) is 8.39. The minimum Gasteiger partial charge on any atom is -0.494 e. The summed E-state index contributed by atoms with van der Waals surface area (Å²) in [6.07, 6.45) is 9.23. The van der Waals surface area contributed by atoms with Gasteiger partial charge in [0, 0.05) is 13.1 Å². The number of rotatable bonds is 18. The maximum atomic E-state index is 6.00. The molecule has 2 rings (SSSR count). The molecular weight excluding hydrogens is 444 g/mol. The summed E-state index contributed by atoms with van der Waals surface area (Å²) in [5.74, 6) is 1.89. The highest BCUT2D eigenvalue weighted by atomic mass is 16.5. The van der Waals surface area contributed by atoms with Gasteiger partial charge < -0.3 is 19.3 Å². The van der Waals surface area contributed by atoms with E-state index < -0.39 is 0 Å². The third kappa shape index (κ3) is 11.2. The highest BCUT2D eigenvalue weighted by molar-refractivity contribution is 5.82. The Balaban J connectivity index is 2.25. The maximum absolute atomic E-state index is 6.00. The van der Waals surface area contributed by atoms with Crippen LogP contribution in [0.5, 0.6) is 11.5 Å². The molecule has 0 saturated heterocycles. The van der Waals surface area contributed by atoms with Crippen molar-refractivity contribution >= 4 is 5.57 Å². The van der Waals surface area contributed by atoms with Crippen LogP contribution in [0.25, 0.3) is 5.57 Å². The first-order valence-corrected chi connectivity index (χ1v) is 13.9. The van der Waals surface area contributed by atoms with Crippen molar-refractivity contribution in [3.05, 3.63) is 65.2 Å². The molecule has 0 heterocycles. The molecule has 0 aliphatic carbocycles. The van der Waals surface area contributed by atoms with Crippen molar-refractivity contribution in [2.45, 2.75) is 65.2 Å². The van der Waals surface area contributed by atoms with Gasteiger partial charge in [-0.25, -0.2) is 0 Å². The third-order valence-electron chi connectivity index (χ3n) is 6.34. The van der Waals surface area contributed by atoms with Crippen LogP contribution in [-0.4, -0.2) is 64.3 Å². The molecule has 0 fully saturated rings. The minimum absolute atomic E-state index is 0.745. The molecule has 0 aliphatic rings. The second kappa shape index (κ2) is 17.2. The summed E-state index contributed by atoms with van der Waals surface area (Å²) in [6, 6.07) is 17.5. The molecule has 4 heteroatoms. The van der Waals surface area contributed by atoms with E-state index in [1.807, 2.05) is 0 Å². The molecule has 0 amide bonds. The van der Waals surface area contributed by atoms with E-state index in [1.54, 1.807) is 5.57 Å². The lowest BCUT2D eigenvalue weighted by atomic mass is 9.88. The van der Waals surface area contributed by atoms with Gasteiger partial charge in [0.15, 0.2) is 0 Å². The van der Waals surface area contributed by atoms with Gasteiger partial charge in [-0.15, -0.1) is 0 Å². The van der Waals surface area contributed by atoms with Crippen LogP contribution in [0.4, 0.5) is 0 Å². The van der Waals surface area contributed by atoms with Gasteiger partial charge in [-0.2, -0.15) is 0 Å². The molecule has 0 saturated carbocycles. The molecule has 0 atom stereocenters. The van der Waals surface area contributed by atoms with E-state index in [9.17, 15) is 0 Å². The Morgan fingerprint density at radius 1 is 0.583 bits per heavy atom. The van der Waals surface area contributed by atoms with Crippen LogP contribution in [0.2, 0.25) is 0 Å². The highest BCUT2D eigenvalue weighted by Gasteiger charge is 2.13. The molecule has 36 heavy (non-hydrogen) atoms. The molecule has 4 nitrogen and oxygen atoms in total. The largest absolute Gasteiger partial charge is 0.494 e. The standard InChI is InChI=1S/C32H50N2O2/c1-7-9-13-27(14-10-8-2)32(28-15-19-30(20-16-28)35-25-11-23-33(3)4)29-17-21-31(22-18-29)36-26-12-24-34(5)6/h15-22H,7-14,23-26H2,1-6H3. The lowest BCUT2D eigenvalue weighted by Gasteiger charge is -2.18. The molecule has 0 aliphatic heterocycles. The topological polar surface area (TPSA) is 24.9 Å². The summed E-state index contributed by atoms with van der Waals surface area (Å²) in [5, 5.41) is 0. The van der Waals surface area contributed by atoms with E-state index in [4.69, 9.17) is 9.47 Å². The van der Waals surface area contributed by atoms with Crippen molar-refractivity contribution in [3.63, 3.8) is 0 Å². The number of benzene rings is 2. The van der Waals surface area contributed by atoms with Crippen molar-refractivity contribution < 1.29 is 9.47 Å². The van der Waals surface area contributed by atoms with E-state index in [1.165, 1.54) is 42.4 Å². The summed E-state index contributed by atoms with van der Waals surface area (Å²) in [6.45, 7) is 8.13. The molecular formula is C32H50N2O2. The van der Waals surface area contributed by atoms with E-state index in [-0.39, 0.29) is 0 Å². The quantitative estimate of drug-likeness (QED) is 0.200. The Morgan fingerprint density at radius 2 is 0.972 bits per heavy atom. The first-order chi connectivity index (χ1) is 17.4. The monoisotopic (exact) mass is 494 g/mol. The van der Waals surface area contributed by atoms with Gasteiger partial charge in [0.25, 0.3) is 0 Å². The molecule has 200 valence electrons. The van der Waals surface area contributed by atoms with E-state index >= 15 is 0 Å². The van der Waals surface area contributed by atoms with Gasteiger partial charge in [-0.05, 0) is 108 Å². The summed E-state index contributed by atoms with van der Waals surface area (Å²) < 4.78 is 12.0. The molecule has 0 aromatic heterocycles. The summed E-state index contributed by atoms with van der Waals surface area (Å²) >= 11 is 0. The van der Waals surface area contributed by atoms with Gasteiger partial charge in [0.05, 0.1) is 13.2 Å². The second-order valence-corrected chi connectivity index (χ2v) is 10.2. The van der Waals surface area contributed by atoms with Gasteiger partial charge in [0.1, 0.15) is 11.5 Å². The fraction of sp³-hybridized carbons (Fsp3) is 0.562. The molecule has 0 spiro atoms. The zero-order valence-electron chi connectivity index (χ0n) is 23.8. The number of hydrogen-bond donors (Lipinski definition) is 0. The summed E-state index contributed by atoms with van der Waals surface area (Å²) in [5.41, 5.74) is 5.50. The molecule has 0 radical (unpaired) electrons. The lowest BCUT2D eigenvalue weighted by Crippen LogP contribution is -2.15. The van der Waals surface area contributed by atoms with Crippen LogP contribution in [0.3, 0.4) is 0 Å².